The highest BCUT2D eigenvalue weighted by molar-refractivity contribution is 5.28. The fourth-order valence-corrected chi connectivity index (χ4v) is 2.14. The molecule has 0 aliphatic carbocycles. The van der Waals surface area contributed by atoms with Crippen molar-refractivity contribution in [2.24, 2.45) is 0 Å². The van der Waals surface area contributed by atoms with Crippen molar-refractivity contribution in [3.05, 3.63) is 5.89 Å². The maximum absolute atomic E-state index is 5.74. The number of hydrogen-bond donors (Lipinski definition) is 1. The number of aromatic nitrogens is 2. The van der Waals surface area contributed by atoms with Crippen molar-refractivity contribution in [1.82, 2.24) is 15.5 Å². The maximum atomic E-state index is 5.74. The molecule has 1 fully saturated rings. The molecule has 0 bridgehead atoms. The van der Waals surface area contributed by atoms with Gasteiger partial charge < -0.3 is 19.4 Å². The Morgan fingerprint density at radius 3 is 2.89 bits per heavy atom. The first-order chi connectivity index (χ1) is 9.10. The Labute approximate surface area is 114 Å². The Morgan fingerprint density at radius 2 is 2.21 bits per heavy atom. The fraction of sp³-hybridized carbons (Fsp3) is 0.846. The number of hydrogen-bond acceptors (Lipinski definition) is 6. The van der Waals surface area contributed by atoms with Gasteiger partial charge in [0.15, 0.2) is 0 Å². The smallest absolute Gasteiger partial charge is 0.318 e. The molecule has 19 heavy (non-hydrogen) atoms. The lowest BCUT2D eigenvalue weighted by atomic mass is 10.1. The Morgan fingerprint density at radius 1 is 1.42 bits per heavy atom. The van der Waals surface area contributed by atoms with Crippen LogP contribution < -0.4 is 10.2 Å². The van der Waals surface area contributed by atoms with Gasteiger partial charge in [0.25, 0.3) is 0 Å². The van der Waals surface area contributed by atoms with Crippen molar-refractivity contribution in [2.75, 3.05) is 18.1 Å². The minimum atomic E-state index is 0.201. The molecule has 108 valence electrons. The third-order valence-corrected chi connectivity index (χ3v) is 3.30. The van der Waals surface area contributed by atoms with Crippen molar-refractivity contribution in [3.63, 3.8) is 0 Å². The Kier molecular flexibility index (Phi) is 4.76. The van der Waals surface area contributed by atoms with Crippen LogP contribution in [0, 0.1) is 0 Å². The van der Waals surface area contributed by atoms with Crippen LogP contribution in [0.5, 0.6) is 0 Å². The van der Waals surface area contributed by atoms with Gasteiger partial charge >= 0.3 is 6.01 Å². The minimum absolute atomic E-state index is 0.201. The molecular weight excluding hydrogens is 244 g/mol. The molecule has 2 unspecified atom stereocenters. The van der Waals surface area contributed by atoms with E-state index in [1.54, 1.807) is 0 Å². The van der Waals surface area contributed by atoms with Gasteiger partial charge in [-0.2, -0.15) is 0 Å². The third-order valence-electron chi connectivity index (χ3n) is 3.30. The highest BCUT2D eigenvalue weighted by Gasteiger charge is 2.29. The van der Waals surface area contributed by atoms with Crippen LogP contribution in [0.2, 0.25) is 0 Å². The second-order valence-electron chi connectivity index (χ2n) is 5.37. The van der Waals surface area contributed by atoms with E-state index in [4.69, 9.17) is 9.15 Å². The van der Waals surface area contributed by atoms with E-state index in [0.717, 1.165) is 19.6 Å². The lowest BCUT2D eigenvalue weighted by molar-refractivity contribution is 0.0277. The molecule has 0 amide bonds. The zero-order valence-corrected chi connectivity index (χ0v) is 12.2. The summed E-state index contributed by atoms with van der Waals surface area (Å²) in [5.41, 5.74) is 0. The molecule has 1 saturated heterocycles. The van der Waals surface area contributed by atoms with Crippen molar-refractivity contribution >= 4 is 6.01 Å². The fourth-order valence-electron chi connectivity index (χ4n) is 2.14. The number of nitrogens with zero attached hydrogens (tertiary/aromatic N) is 3. The summed E-state index contributed by atoms with van der Waals surface area (Å²) >= 11 is 0. The largest absolute Gasteiger partial charge is 0.407 e. The molecule has 1 aliphatic rings. The van der Waals surface area contributed by atoms with E-state index in [1.807, 2.05) is 0 Å². The van der Waals surface area contributed by atoms with Crippen molar-refractivity contribution in [1.29, 1.82) is 0 Å². The summed E-state index contributed by atoms with van der Waals surface area (Å²) in [6, 6.07) is 1.34. The van der Waals surface area contributed by atoms with Crippen LogP contribution >= 0.6 is 0 Å². The molecule has 0 radical (unpaired) electrons. The standard InChI is InChI=1S/C13H24N4O2/c1-5-11-8-18-10(4)7-17(11)13-16-15-12(19-13)6-14-9(2)3/h9-11,14H,5-8H2,1-4H3. The molecule has 1 aliphatic heterocycles. The predicted octanol–water partition coefficient (Wildman–Crippen LogP) is 1.57. The molecule has 0 spiro atoms. The summed E-state index contributed by atoms with van der Waals surface area (Å²) in [5.74, 6) is 0.637. The zero-order chi connectivity index (χ0) is 13.8. The van der Waals surface area contributed by atoms with E-state index >= 15 is 0 Å². The first-order valence-corrected chi connectivity index (χ1v) is 7.04. The van der Waals surface area contributed by atoms with E-state index in [0.29, 0.717) is 30.5 Å². The number of morpholine rings is 1. The summed E-state index contributed by atoms with van der Waals surface area (Å²) in [6.07, 6.45) is 1.21. The molecule has 1 aromatic rings. The van der Waals surface area contributed by atoms with Gasteiger partial charge in [-0.25, -0.2) is 0 Å². The van der Waals surface area contributed by atoms with E-state index in [1.165, 1.54) is 0 Å². The summed E-state index contributed by atoms with van der Waals surface area (Å²) < 4.78 is 11.4. The Balaban J connectivity index is 2.03. The number of nitrogens with one attached hydrogen (secondary N) is 1. The number of rotatable bonds is 5. The van der Waals surface area contributed by atoms with Crippen molar-refractivity contribution < 1.29 is 9.15 Å². The summed E-state index contributed by atoms with van der Waals surface area (Å²) in [5, 5.41) is 11.5. The third kappa shape index (κ3) is 3.67. The quantitative estimate of drug-likeness (QED) is 0.874. The molecule has 6 heteroatoms. The van der Waals surface area contributed by atoms with Gasteiger partial charge in [0, 0.05) is 12.6 Å². The molecular formula is C13H24N4O2. The highest BCUT2D eigenvalue weighted by atomic mass is 16.5. The second-order valence-corrected chi connectivity index (χ2v) is 5.37. The Hall–Kier alpha value is -1.14. The summed E-state index contributed by atoms with van der Waals surface area (Å²) in [6.45, 7) is 10.5. The van der Waals surface area contributed by atoms with Crippen LogP contribution in [0.4, 0.5) is 6.01 Å². The SMILES string of the molecule is CCC1COC(C)CN1c1nnc(CNC(C)C)o1. The minimum Gasteiger partial charge on any atom is -0.407 e. The monoisotopic (exact) mass is 268 g/mol. The maximum Gasteiger partial charge on any atom is 0.318 e. The van der Waals surface area contributed by atoms with Crippen LogP contribution in [0.25, 0.3) is 0 Å². The normalized spacial score (nSPS) is 24.2. The Bertz CT molecular complexity index is 394. The van der Waals surface area contributed by atoms with Gasteiger partial charge in [0.05, 0.1) is 25.3 Å². The van der Waals surface area contributed by atoms with E-state index in [9.17, 15) is 0 Å². The molecule has 0 saturated carbocycles. The average Bonchev–Trinajstić information content (AvgIpc) is 2.85. The van der Waals surface area contributed by atoms with Gasteiger partial charge in [-0.05, 0) is 13.3 Å². The van der Waals surface area contributed by atoms with Crippen LogP contribution in [0.15, 0.2) is 4.42 Å². The van der Waals surface area contributed by atoms with Gasteiger partial charge in [-0.1, -0.05) is 25.9 Å². The van der Waals surface area contributed by atoms with Gasteiger partial charge in [0.2, 0.25) is 5.89 Å². The lowest BCUT2D eigenvalue weighted by Gasteiger charge is -2.36. The molecule has 1 aromatic heterocycles. The molecule has 2 rings (SSSR count). The summed E-state index contributed by atoms with van der Waals surface area (Å²) in [7, 11) is 0. The van der Waals surface area contributed by atoms with Crippen molar-refractivity contribution in [2.45, 2.75) is 58.8 Å². The highest BCUT2D eigenvalue weighted by Crippen LogP contribution is 2.22. The van der Waals surface area contributed by atoms with Gasteiger partial charge in [0.1, 0.15) is 0 Å². The van der Waals surface area contributed by atoms with Gasteiger partial charge in [-0.15, -0.1) is 5.10 Å². The van der Waals surface area contributed by atoms with E-state index < -0.39 is 0 Å². The second kappa shape index (κ2) is 6.34. The van der Waals surface area contributed by atoms with E-state index in [-0.39, 0.29) is 6.10 Å². The zero-order valence-electron chi connectivity index (χ0n) is 12.2. The lowest BCUT2D eigenvalue weighted by Crippen LogP contribution is -2.48. The molecule has 1 N–H and O–H groups in total. The topological polar surface area (TPSA) is 63.4 Å². The molecule has 2 heterocycles. The van der Waals surface area contributed by atoms with Crippen LogP contribution in [0.1, 0.15) is 40.0 Å². The summed E-state index contributed by atoms with van der Waals surface area (Å²) in [4.78, 5) is 2.17. The van der Waals surface area contributed by atoms with Crippen LogP contribution in [-0.2, 0) is 11.3 Å². The first-order valence-electron chi connectivity index (χ1n) is 7.04. The van der Waals surface area contributed by atoms with Crippen molar-refractivity contribution in [3.8, 4) is 0 Å². The van der Waals surface area contributed by atoms with Crippen LogP contribution in [-0.4, -0.2) is 41.5 Å². The number of ether oxygens (including phenoxy) is 1. The van der Waals surface area contributed by atoms with Gasteiger partial charge in [-0.3, -0.25) is 0 Å². The van der Waals surface area contributed by atoms with Crippen LogP contribution in [0.3, 0.4) is 0 Å². The average molecular weight is 268 g/mol. The molecule has 2 atom stereocenters. The predicted molar refractivity (Wildman–Crippen MR) is 73.1 cm³/mol. The molecule has 0 aromatic carbocycles. The van der Waals surface area contributed by atoms with E-state index in [2.05, 4.69) is 48.1 Å². The number of anilines is 1. The first kappa shape index (κ1) is 14.3. The molecule has 6 nitrogen and oxygen atoms in total.